The summed E-state index contributed by atoms with van der Waals surface area (Å²) in [7, 11) is 0. The molecule has 0 aliphatic heterocycles. The highest BCUT2D eigenvalue weighted by atomic mass is 16.4. The first-order valence-electron chi connectivity index (χ1n) is 4.41. The summed E-state index contributed by atoms with van der Waals surface area (Å²) in [6.07, 6.45) is 1.53. The second-order valence-electron chi connectivity index (χ2n) is 3.49. The molecule has 14 heavy (non-hydrogen) atoms. The van der Waals surface area contributed by atoms with Crippen LogP contribution in [0.3, 0.4) is 0 Å². The fraction of sp³-hybridized carbons (Fsp3) is 0.182. The van der Waals surface area contributed by atoms with Gasteiger partial charge in [-0.3, -0.25) is 0 Å². The minimum Gasteiger partial charge on any atom is -0.478 e. The molecule has 0 aliphatic carbocycles. The van der Waals surface area contributed by atoms with Crippen LogP contribution in [-0.2, 0) is 0 Å². The number of carboxylic acid groups (broad SMARTS) is 1. The zero-order chi connectivity index (χ0) is 10.3. The van der Waals surface area contributed by atoms with E-state index in [9.17, 15) is 4.79 Å². The lowest BCUT2D eigenvalue weighted by atomic mass is 10.1. The van der Waals surface area contributed by atoms with Crippen LogP contribution < -0.4 is 0 Å². The number of aryl methyl sites for hydroxylation is 2. The third kappa shape index (κ3) is 1.18. The molecule has 3 nitrogen and oxygen atoms in total. The fourth-order valence-corrected chi connectivity index (χ4v) is 1.56. The van der Waals surface area contributed by atoms with E-state index in [0.717, 1.165) is 22.0 Å². The van der Waals surface area contributed by atoms with Gasteiger partial charge in [0.1, 0.15) is 0 Å². The maximum absolute atomic E-state index is 10.9. The number of carbonyl (C=O) groups is 1. The Labute approximate surface area is 81.4 Å². The summed E-state index contributed by atoms with van der Waals surface area (Å²) in [6.45, 7) is 3.99. The minimum absolute atomic E-state index is 0.336. The molecule has 3 heteroatoms. The fourth-order valence-electron chi connectivity index (χ4n) is 1.56. The number of aromatic amines is 1. The van der Waals surface area contributed by atoms with Gasteiger partial charge in [-0.1, -0.05) is 0 Å². The standard InChI is InChI=1S/C11H11NO2/c1-6-3-8-9(11(13)14)5-12-10(8)4-7(6)2/h3-5,12H,1-2H3,(H,13,14). The highest BCUT2D eigenvalue weighted by molar-refractivity contribution is 6.03. The maximum Gasteiger partial charge on any atom is 0.337 e. The van der Waals surface area contributed by atoms with Gasteiger partial charge in [0, 0.05) is 17.1 Å². The summed E-state index contributed by atoms with van der Waals surface area (Å²) < 4.78 is 0. The van der Waals surface area contributed by atoms with Gasteiger partial charge in [-0.05, 0) is 37.1 Å². The predicted octanol–water partition coefficient (Wildman–Crippen LogP) is 2.48. The van der Waals surface area contributed by atoms with Crippen molar-refractivity contribution >= 4 is 16.9 Å². The Morgan fingerprint density at radius 2 is 1.93 bits per heavy atom. The summed E-state index contributed by atoms with van der Waals surface area (Å²) in [5.41, 5.74) is 3.49. The van der Waals surface area contributed by atoms with Gasteiger partial charge in [0.15, 0.2) is 0 Å². The zero-order valence-corrected chi connectivity index (χ0v) is 8.09. The van der Waals surface area contributed by atoms with E-state index in [0.29, 0.717) is 5.56 Å². The van der Waals surface area contributed by atoms with Gasteiger partial charge in [-0.15, -0.1) is 0 Å². The normalized spacial score (nSPS) is 10.7. The second kappa shape index (κ2) is 2.87. The molecule has 0 atom stereocenters. The molecule has 72 valence electrons. The van der Waals surface area contributed by atoms with Gasteiger partial charge in [0.25, 0.3) is 0 Å². The average Bonchev–Trinajstić information content (AvgIpc) is 2.48. The van der Waals surface area contributed by atoms with Crippen molar-refractivity contribution in [1.82, 2.24) is 4.98 Å². The van der Waals surface area contributed by atoms with Crippen LogP contribution in [0.5, 0.6) is 0 Å². The number of carboxylic acids is 1. The first kappa shape index (κ1) is 8.81. The van der Waals surface area contributed by atoms with Crippen LogP contribution >= 0.6 is 0 Å². The quantitative estimate of drug-likeness (QED) is 0.724. The smallest absolute Gasteiger partial charge is 0.337 e. The van der Waals surface area contributed by atoms with Crippen LogP contribution in [0.2, 0.25) is 0 Å². The molecule has 2 aromatic rings. The third-order valence-corrected chi connectivity index (χ3v) is 2.53. The van der Waals surface area contributed by atoms with E-state index in [4.69, 9.17) is 5.11 Å². The molecule has 1 heterocycles. The van der Waals surface area contributed by atoms with Crippen molar-refractivity contribution in [2.75, 3.05) is 0 Å². The Bertz CT molecular complexity index is 511. The number of aromatic nitrogens is 1. The lowest BCUT2D eigenvalue weighted by molar-refractivity contribution is 0.0699. The van der Waals surface area contributed by atoms with Gasteiger partial charge < -0.3 is 10.1 Å². The van der Waals surface area contributed by atoms with Crippen LogP contribution in [0.4, 0.5) is 0 Å². The molecule has 0 aliphatic rings. The molecule has 1 aromatic carbocycles. The number of benzene rings is 1. The number of nitrogens with one attached hydrogen (secondary N) is 1. The molecule has 2 rings (SSSR count). The SMILES string of the molecule is Cc1cc2[nH]cc(C(=O)O)c2cc1C. The summed E-state index contributed by atoms with van der Waals surface area (Å²) >= 11 is 0. The molecule has 0 amide bonds. The first-order chi connectivity index (χ1) is 6.59. The minimum atomic E-state index is -0.889. The molecule has 0 bridgehead atoms. The molecule has 0 fully saturated rings. The van der Waals surface area contributed by atoms with E-state index in [1.165, 1.54) is 6.20 Å². The molecular weight excluding hydrogens is 178 g/mol. The number of rotatable bonds is 1. The molecule has 1 aromatic heterocycles. The highest BCUT2D eigenvalue weighted by Gasteiger charge is 2.10. The lowest BCUT2D eigenvalue weighted by Crippen LogP contribution is -1.93. The number of aromatic carboxylic acids is 1. The van der Waals surface area contributed by atoms with E-state index < -0.39 is 5.97 Å². The van der Waals surface area contributed by atoms with Gasteiger partial charge >= 0.3 is 5.97 Å². The van der Waals surface area contributed by atoms with Crippen LogP contribution in [-0.4, -0.2) is 16.1 Å². The van der Waals surface area contributed by atoms with Crippen molar-refractivity contribution in [1.29, 1.82) is 0 Å². The number of H-pyrrole nitrogens is 1. The molecule has 2 N–H and O–H groups in total. The van der Waals surface area contributed by atoms with Crippen molar-refractivity contribution in [3.63, 3.8) is 0 Å². The summed E-state index contributed by atoms with van der Waals surface area (Å²) in [4.78, 5) is 13.8. The number of hydrogen-bond acceptors (Lipinski definition) is 1. The molecule has 0 saturated carbocycles. The molecule has 0 saturated heterocycles. The van der Waals surface area contributed by atoms with Crippen molar-refractivity contribution < 1.29 is 9.90 Å². The zero-order valence-electron chi connectivity index (χ0n) is 8.09. The Morgan fingerprint density at radius 1 is 1.29 bits per heavy atom. The summed E-state index contributed by atoms with van der Waals surface area (Å²) in [5, 5.41) is 9.69. The Balaban J connectivity index is 2.80. The van der Waals surface area contributed by atoms with Crippen molar-refractivity contribution in [2.45, 2.75) is 13.8 Å². The van der Waals surface area contributed by atoms with Crippen LogP contribution in [0.1, 0.15) is 21.5 Å². The van der Waals surface area contributed by atoms with E-state index >= 15 is 0 Å². The number of fused-ring (bicyclic) bond motifs is 1. The van der Waals surface area contributed by atoms with Crippen LogP contribution in [0, 0.1) is 13.8 Å². The Kier molecular flexibility index (Phi) is 1.81. The Hall–Kier alpha value is -1.77. The van der Waals surface area contributed by atoms with Crippen LogP contribution in [0.15, 0.2) is 18.3 Å². The van der Waals surface area contributed by atoms with Gasteiger partial charge in [-0.2, -0.15) is 0 Å². The topological polar surface area (TPSA) is 53.1 Å². The Morgan fingerprint density at radius 3 is 2.57 bits per heavy atom. The molecule has 0 radical (unpaired) electrons. The number of hydrogen-bond donors (Lipinski definition) is 2. The van der Waals surface area contributed by atoms with Crippen LogP contribution in [0.25, 0.3) is 10.9 Å². The monoisotopic (exact) mass is 189 g/mol. The average molecular weight is 189 g/mol. The van der Waals surface area contributed by atoms with E-state index in [2.05, 4.69) is 4.98 Å². The summed E-state index contributed by atoms with van der Waals surface area (Å²) in [5.74, 6) is -0.889. The summed E-state index contributed by atoms with van der Waals surface area (Å²) in [6, 6.07) is 3.88. The van der Waals surface area contributed by atoms with E-state index in [1.54, 1.807) is 0 Å². The van der Waals surface area contributed by atoms with Gasteiger partial charge in [0.05, 0.1) is 5.56 Å². The maximum atomic E-state index is 10.9. The van der Waals surface area contributed by atoms with Crippen molar-refractivity contribution in [3.8, 4) is 0 Å². The lowest BCUT2D eigenvalue weighted by Gasteiger charge is -2.00. The van der Waals surface area contributed by atoms with Crippen molar-refractivity contribution in [2.24, 2.45) is 0 Å². The van der Waals surface area contributed by atoms with E-state index in [-0.39, 0.29) is 0 Å². The molecular formula is C11H11NO2. The van der Waals surface area contributed by atoms with Crippen molar-refractivity contribution in [3.05, 3.63) is 35.0 Å². The van der Waals surface area contributed by atoms with Gasteiger partial charge in [-0.25, -0.2) is 4.79 Å². The predicted molar refractivity (Wildman–Crippen MR) is 54.7 cm³/mol. The largest absolute Gasteiger partial charge is 0.478 e. The van der Waals surface area contributed by atoms with E-state index in [1.807, 2.05) is 26.0 Å². The highest BCUT2D eigenvalue weighted by Crippen LogP contribution is 2.22. The molecule has 0 unspecified atom stereocenters. The first-order valence-corrected chi connectivity index (χ1v) is 4.41. The second-order valence-corrected chi connectivity index (χ2v) is 3.49. The molecule has 0 spiro atoms. The third-order valence-electron chi connectivity index (χ3n) is 2.53. The van der Waals surface area contributed by atoms with Gasteiger partial charge in [0.2, 0.25) is 0 Å².